The summed E-state index contributed by atoms with van der Waals surface area (Å²) in [5.74, 6) is -2.81. The third-order valence-electron chi connectivity index (χ3n) is 10.2. The molecule has 0 radical (unpaired) electrons. The Morgan fingerprint density at radius 3 is 1.38 bits per heavy atom. The molecule has 0 bridgehead atoms. The second-order valence-corrected chi connectivity index (χ2v) is 13.9. The van der Waals surface area contributed by atoms with Gasteiger partial charge in [0.25, 0.3) is 23.6 Å². The second kappa shape index (κ2) is 14.4. The molecule has 6 aromatic rings. The molecule has 0 saturated heterocycles. The molecule has 300 valence electrons. The van der Waals surface area contributed by atoms with Gasteiger partial charge in [-0.2, -0.15) is 26.3 Å². The van der Waals surface area contributed by atoms with E-state index < -0.39 is 74.8 Å². The highest BCUT2D eigenvalue weighted by Gasteiger charge is 2.73. The van der Waals surface area contributed by atoms with Gasteiger partial charge in [0.05, 0.1) is 33.6 Å². The summed E-state index contributed by atoms with van der Waals surface area (Å²) in [6, 6.07) is 28.7. The average Bonchev–Trinajstić information content (AvgIpc) is 3.60. The Morgan fingerprint density at radius 2 is 0.900 bits per heavy atom. The highest BCUT2D eigenvalue weighted by Crippen LogP contribution is 2.57. The third-order valence-corrected chi connectivity index (χ3v) is 10.2. The van der Waals surface area contributed by atoms with Crippen molar-refractivity contribution in [2.45, 2.75) is 24.7 Å². The van der Waals surface area contributed by atoms with E-state index in [-0.39, 0.29) is 17.1 Å². The molecule has 2 heterocycles. The molecule has 4 amide bonds. The average molecular weight is 819 g/mol. The first-order valence-electron chi connectivity index (χ1n) is 18.1. The number of ether oxygens (including phenoxy) is 2. The molecule has 2 aliphatic rings. The predicted molar refractivity (Wildman–Crippen MR) is 209 cm³/mol. The summed E-state index contributed by atoms with van der Waals surface area (Å²) in [5, 5.41) is 0. The van der Waals surface area contributed by atoms with Gasteiger partial charge in [0.2, 0.25) is 5.41 Å². The van der Waals surface area contributed by atoms with Gasteiger partial charge in [0.15, 0.2) is 0 Å². The molecule has 0 saturated carbocycles. The quantitative estimate of drug-likeness (QED) is 0.107. The maximum Gasteiger partial charge on any atom is 0.411 e. The Hall–Kier alpha value is -7.48. The predicted octanol–water partition coefficient (Wildman–Crippen LogP) is 11.2. The van der Waals surface area contributed by atoms with Crippen LogP contribution in [-0.2, 0) is 5.41 Å². The summed E-state index contributed by atoms with van der Waals surface area (Å²) in [5.41, 5.74) is -8.54. The Bertz CT molecular complexity index is 2780. The van der Waals surface area contributed by atoms with Gasteiger partial charge in [0.1, 0.15) is 23.0 Å². The molecule has 2 aliphatic heterocycles. The number of carbonyl (C=O) groups excluding carboxylic acids is 4. The lowest BCUT2D eigenvalue weighted by Crippen LogP contribution is -2.55. The fraction of sp³-hybridized carbons (Fsp3) is 0.0870. The first kappa shape index (κ1) is 39.4. The van der Waals surface area contributed by atoms with Crippen LogP contribution in [0.3, 0.4) is 0 Å². The molecule has 0 aromatic heterocycles. The molecular weight excluding hydrogens is 791 g/mol. The smallest absolute Gasteiger partial charge is 0.411 e. The largest absolute Gasteiger partial charge is 0.457 e. The van der Waals surface area contributed by atoms with Crippen LogP contribution in [0.4, 0.5) is 37.7 Å². The van der Waals surface area contributed by atoms with E-state index in [0.29, 0.717) is 56.9 Å². The number of hydrogen-bond acceptors (Lipinski definition) is 6. The second-order valence-electron chi connectivity index (χ2n) is 13.9. The van der Waals surface area contributed by atoms with Gasteiger partial charge in [-0.25, -0.2) is 9.80 Å². The molecule has 0 atom stereocenters. The molecule has 8 nitrogen and oxygen atoms in total. The number of hydrogen-bond donors (Lipinski definition) is 0. The van der Waals surface area contributed by atoms with Crippen LogP contribution in [0.1, 0.15) is 63.7 Å². The van der Waals surface area contributed by atoms with Crippen LogP contribution in [0, 0.1) is 6.92 Å². The van der Waals surface area contributed by atoms with E-state index in [1.54, 1.807) is 36.4 Å². The topological polar surface area (TPSA) is 93.2 Å². The Morgan fingerprint density at radius 1 is 0.483 bits per heavy atom. The van der Waals surface area contributed by atoms with Crippen molar-refractivity contribution in [2.24, 2.45) is 0 Å². The molecule has 0 aliphatic carbocycles. The molecule has 0 N–H and O–H groups in total. The van der Waals surface area contributed by atoms with Crippen LogP contribution in [0.2, 0.25) is 0 Å². The normalized spacial score (nSPS) is 14.1. The standard InChI is InChI=1S/C46H28F6N2O6/c1-3-27-9-5-10-30(21-27)53-40(55)36-18-16-28(22-38(36)42(53)57)44(45(47,48)49,46(50,51)52)29-17-19-37-39(23-29)43(58)54(41(37)56)31-11-6-13-33(24-31)60-35-15-7-14-34(25-35)59-32-12-4-8-26(2)20-32/h3-25H,1H2,2H3. The van der Waals surface area contributed by atoms with Gasteiger partial charge in [-0.3, -0.25) is 19.2 Å². The lowest BCUT2D eigenvalue weighted by Gasteiger charge is -2.38. The van der Waals surface area contributed by atoms with Gasteiger partial charge >= 0.3 is 12.4 Å². The van der Waals surface area contributed by atoms with E-state index in [1.807, 2.05) is 25.1 Å². The van der Waals surface area contributed by atoms with Crippen molar-refractivity contribution in [2.75, 3.05) is 9.80 Å². The zero-order valence-corrected chi connectivity index (χ0v) is 31.1. The van der Waals surface area contributed by atoms with Crippen molar-refractivity contribution in [3.8, 4) is 23.0 Å². The van der Waals surface area contributed by atoms with Gasteiger partial charge < -0.3 is 9.47 Å². The molecular formula is C46H28F6N2O6. The minimum atomic E-state index is -6.13. The van der Waals surface area contributed by atoms with Crippen LogP contribution >= 0.6 is 0 Å². The molecule has 14 heteroatoms. The zero-order chi connectivity index (χ0) is 42.7. The van der Waals surface area contributed by atoms with Gasteiger partial charge in [-0.1, -0.05) is 61.2 Å². The van der Waals surface area contributed by atoms with Crippen LogP contribution in [0.15, 0.2) is 140 Å². The lowest BCUT2D eigenvalue weighted by molar-refractivity contribution is -0.288. The molecule has 8 rings (SSSR count). The minimum absolute atomic E-state index is 0.0270. The summed E-state index contributed by atoms with van der Waals surface area (Å²) in [6.07, 6.45) is -10.8. The van der Waals surface area contributed by atoms with E-state index in [0.717, 1.165) is 17.7 Å². The summed E-state index contributed by atoms with van der Waals surface area (Å²) >= 11 is 0. The summed E-state index contributed by atoms with van der Waals surface area (Å²) in [7, 11) is 0. The lowest BCUT2D eigenvalue weighted by atomic mass is 9.71. The van der Waals surface area contributed by atoms with E-state index >= 15 is 26.3 Å². The van der Waals surface area contributed by atoms with E-state index in [2.05, 4.69) is 6.58 Å². The number of rotatable bonds is 9. The molecule has 0 spiro atoms. The number of anilines is 2. The maximum atomic E-state index is 15.4. The van der Waals surface area contributed by atoms with E-state index in [1.165, 1.54) is 48.5 Å². The fourth-order valence-electron chi connectivity index (χ4n) is 7.43. The van der Waals surface area contributed by atoms with Crippen molar-refractivity contribution in [1.82, 2.24) is 0 Å². The van der Waals surface area contributed by atoms with Crippen LogP contribution in [-0.4, -0.2) is 36.0 Å². The Balaban J connectivity index is 1.13. The van der Waals surface area contributed by atoms with E-state index in [4.69, 9.17) is 9.47 Å². The van der Waals surface area contributed by atoms with Crippen molar-refractivity contribution in [1.29, 1.82) is 0 Å². The first-order valence-corrected chi connectivity index (χ1v) is 18.1. The van der Waals surface area contributed by atoms with Crippen LogP contribution in [0.25, 0.3) is 6.08 Å². The number of nitrogens with zero attached hydrogens (tertiary/aromatic N) is 2. The highest BCUT2D eigenvalue weighted by molar-refractivity contribution is 6.35. The summed E-state index contributed by atoms with van der Waals surface area (Å²) in [4.78, 5) is 55.7. The molecule has 6 aromatic carbocycles. The SMILES string of the molecule is C=Cc1cccc(N2C(=O)c3ccc(C(c4ccc5c(c4)C(=O)N(c4cccc(Oc6cccc(Oc7cccc(C)c7)c6)c4)C5=O)(C(F)(F)F)C(F)(F)F)cc3C2=O)c1. The first-order chi connectivity index (χ1) is 28.5. The number of halogens is 6. The molecule has 60 heavy (non-hydrogen) atoms. The summed E-state index contributed by atoms with van der Waals surface area (Å²) in [6.45, 7) is 5.53. The van der Waals surface area contributed by atoms with Gasteiger partial charge in [0, 0.05) is 12.1 Å². The number of benzene rings is 6. The molecule has 0 fully saturated rings. The zero-order valence-electron chi connectivity index (χ0n) is 31.1. The fourth-order valence-corrected chi connectivity index (χ4v) is 7.43. The molecule has 0 unspecified atom stereocenters. The Labute approximate surface area is 337 Å². The van der Waals surface area contributed by atoms with Crippen molar-refractivity contribution < 1.29 is 55.0 Å². The Kier molecular flexibility index (Phi) is 9.45. The maximum absolute atomic E-state index is 15.4. The number of carbonyl (C=O) groups is 4. The van der Waals surface area contributed by atoms with Crippen molar-refractivity contribution in [3.63, 3.8) is 0 Å². The minimum Gasteiger partial charge on any atom is -0.457 e. The van der Waals surface area contributed by atoms with E-state index in [9.17, 15) is 19.2 Å². The number of alkyl halides is 6. The van der Waals surface area contributed by atoms with Gasteiger partial charge in [-0.05, 0) is 102 Å². The number of amides is 4. The summed E-state index contributed by atoms with van der Waals surface area (Å²) < 4.78 is 104. The van der Waals surface area contributed by atoms with Gasteiger partial charge in [-0.15, -0.1) is 0 Å². The monoisotopic (exact) mass is 818 g/mol. The highest BCUT2D eigenvalue weighted by atomic mass is 19.4. The van der Waals surface area contributed by atoms with Crippen molar-refractivity contribution >= 4 is 41.1 Å². The number of imide groups is 2. The third kappa shape index (κ3) is 6.46. The van der Waals surface area contributed by atoms with Crippen molar-refractivity contribution in [3.05, 3.63) is 185 Å². The van der Waals surface area contributed by atoms with Crippen LogP contribution < -0.4 is 19.3 Å². The van der Waals surface area contributed by atoms with Crippen LogP contribution in [0.5, 0.6) is 23.0 Å². The number of fused-ring (bicyclic) bond motifs is 2. The number of aryl methyl sites for hydroxylation is 1.